The Bertz CT molecular complexity index is 543. The van der Waals surface area contributed by atoms with Gasteiger partial charge in [0.25, 0.3) is 0 Å². The Kier molecular flexibility index (Phi) is 4.08. The minimum Gasteiger partial charge on any atom is -0.314 e. The van der Waals surface area contributed by atoms with Crippen molar-refractivity contribution in [3.05, 3.63) is 42.0 Å². The van der Waals surface area contributed by atoms with Crippen LogP contribution in [0.1, 0.15) is 11.6 Å². The van der Waals surface area contributed by atoms with Crippen LogP contribution in [0.2, 0.25) is 0 Å². The van der Waals surface area contributed by atoms with Gasteiger partial charge in [-0.2, -0.15) is 5.10 Å². The van der Waals surface area contributed by atoms with Crippen molar-refractivity contribution < 1.29 is 0 Å². The Morgan fingerprint density at radius 2 is 1.90 bits per heavy atom. The molecule has 1 N–H and O–H groups in total. The van der Waals surface area contributed by atoms with E-state index in [1.165, 1.54) is 0 Å². The van der Waals surface area contributed by atoms with Gasteiger partial charge < -0.3 is 10.2 Å². The molecule has 20 heavy (non-hydrogen) atoms. The van der Waals surface area contributed by atoms with Gasteiger partial charge in [0.05, 0.1) is 5.69 Å². The van der Waals surface area contributed by atoms with Gasteiger partial charge in [-0.15, -0.1) is 0 Å². The molecule has 2 heterocycles. The van der Waals surface area contributed by atoms with Gasteiger partial charge in [-0.1, -0.05) is 18.2 Å². The van der Waals surface area contributed by atoms with E-state index in [2.05, 4.69) is 32.4 Å². The number of aryl methyl sites for hydroxylation is 1. The van der Waals surface area contributed by atoms with E-state index in [4.69, 9.17) is 0 Å². The fraction of sp³-hybridized carbons (Fsp3) is 0.467. The molecule has 0 spiro atoms. The van der Waals surface area contributed by atoms with Crippen molar-refractivity contribution in [2.24, 2.45) is 0 Å². The lowest BCUT2D eigenvalue weighted by Gasteiger charge is -2.26. The minimum absolute atomic E-state index is 0.837. The zero-order chi connectivity index (χ0) is 13.8. The molecule has 2 aromatic rings. The molecule has 3 rings (SSSR count). The summed E-state index contributed by atoms with van der Waals surface area (Å²) >= 11 is 0. The average Bonchev–Trinajstić information content (AvgIpc) is 2.88. The van der Waals surface area contributed by atoms with Gasteiger partial charge in [0, 0.05) is 39.1 Å². The SMILES string of the molecule is Cc1nc(CCN2CCNCC2)n(-c2ccccc2)n1. The zero-order valence-corrected chi connectivity index (χ0v) is 11.9. The lowest BCUT2D eigenvalue weighted by molar-refractivity contribution is 0.242. The highest BCUT2D eigenvalue weighted by Gasteiger charge is 2.13. The Hall–Kier alpha value is -1.72. The van der Waals surface area contributed by atoms with Crippen LogP contribution < -0.4 is 5.32 Å². The van der Waals surface area contributed by atoms with Crippen LogP contribution in [0.15, 0.2) is 30.3 Å². The van der Waals surface area contributed by atoms with Crippen molar-refractivity contribution in [3.63, 3.8) is 0 Å². The second-order valence-corrected chi connectivity index (χ2v) is 5.16. The predicted octanol–water partition coefficient (Wildman–Crippen LogP) is 1.02. The van der Waals surface area contributed by atoms with E-state index in [0.717, 1.165) is 56.5 Å². The van der Waals surface area contributed by atoms with E-state index in [-0.39, 0.29) is 0 Å². The van der Waals surface area contributed by atoms with Crippen LogP contribution in [0.3, 0.4) is 0 Å². The lowest BCUT2D eigenvalue weighted by Crippen LogP contribution is -2.44. The number of nitrogens with zero attached hydrogens (tertiary/aromatic N) is 4. The third-order valence-electron chi connectivity index (χ3n) is 3.64. The molecular weight excluding hydrogens is 250 g/mol. The molecule has 1 aromatic carbocycles. The molecule has 1 aliphatic rings. The smallest absolute Gasteiger partial charge is 0.148 e. The zero-order valence-electron chi connectivity index (χ0n) is 11.9. The molecule has 106 valence electrons. The Labute approximate surface area is 119 Å². The number of rotatable bonds is 4. The molecule has 0 unspecified atom stereocenters. The molecule has 1 saturated heterocycles. The van der Waals surface area contributed by atoms with Crippen molar-refractivity contribution in [3.8, 4) is 5.69 Å². The van der Waals surface area contributed by atoms with Gasteiger partial charge in [0.1, 0.15) is 11.6 Å². The molecular formula is C15H21N5. The molecule has 0 saturated carbocycles. The summed E-state index contributed by atoms with van der Waals surface area (Å²) in [5.74, 6) is 1.89. The molecule has 1 aliphatic heterocycles. The van der Waals surface area contributed by atoms with Crippen LogP contribution in [0.5, 0.6) is 0 Å². The number of hydrogen-bond acceptors (Lipinski definition) is 4. The Morgan fingerprint density at radius 3 is 2.65 bits per heavy atom. The number of nitrogens with one attached hydrogen (secondary N) is 1. The minimum atomic E-state index is 0.837. The van der Waals surface area contributed by atoms with Gasteiger partial charge in [-0.25, -0.2) is 9.67 Å². The quantitative estimate of drug-likeness (QED) is 0.902. The van der Waals surface area contributed by atoms with Crippen molar-refractivity contribution in [2.75, 3.05) is 32.7 Å². The first-order valence-electron chi connectivity index (χ1n) is 7.24. The van der Waals surface area contributed by atoms with E-state index in [1.807, 2.05) is 29.8 Å². The van der Waals surface area contributed by atoms with E-state index >= 15 is 0 Å². The van der Waals surface area contributed by atoms with Crippen LogP contribution in [0.25, 0.3) is 5.69 Å². The predicted molar refractivity (Wildman–Crippen MR) is 79.1 cm³/mol. The highest BCUT2D eigenvalue weighted by Crippen LogP contribution is 2.10. The third-order valence-corrected chi connectivity index (χ3v) is 3.64. The number of benzene rings is 1. The summed E-state index contributed by atoms with van der Waals surface area (Å²) in [4.78, 5) is 7.06. The molecule has 5 nitrogen and oxygen atoms in total. The molecule has 0 aliphatic carbocycles. The molecule has 1 aromatic heterocycles. The van der Waals surface area contributed by atoms with Crippen LogP contribution in [-0.4, -0.2) is 52.4 Å². The maximum Gasteiger partial charge on any atom is 0.148 e. The van der Waals surface area contributed by atoms with Crippen LogP contribution >= 0.6 is 0 Å². The van der Waals surface area contributed by atoms with E-state index in [0.29, 0.717) is 0 Å². The number of piperazine rings is 1. The molecule has 1 fully saturated rings. The first-order chi connectivity index (χ1) is 9.83. The van der Waals surface area contributed by atoms with E-state index < -0.39 is 0 Å². The van der Waals surface area contributed by atoms with Crippen LogP contribution in [0, 0.1) is 6.92 Å². The molecule has 0 atom stereocenters. The largest absolute Gasteiger partial charge is 0.314 e. The second kappa shape index (κ2) is 6.15. The second-order valence-electron chi connectivity index (χ2n) is 5.16. The van der Waals surface area contributed by atoms with Gasteiger partial charge in [-0.05, 0) is 19.1 Å². The average molecular weight is 271 g/mol. The first kappa shape index (κ1) is 13.3. The first-order valence-corrected chi connectivity index (χ1v) is 7.24. The van der Waals surface area contributed by atoms with Gasteiger partial charge in [0.15, 0.2) is 0 Å². The summed E-state index contributed by atoms with van der Waals surface area (Å²) < 4.78 is 1.97. The monoisotopic (exact) mass is 271 g/mol. The summed E-state index contributed by atoms with van der Waals surface area (Å²) in [7, 11) is 0. The third kappa shape index (κ3) is 3.05. The van der Waals surface area contributed by atoms with Crippen LogP contribution in [0.4, 0.5) is 0 Å². The molecule has 0 radical (unpaired) electrons. The maximum atomic E-state index is 4.58. The van der Waals surface area contributed by atoms with Gasteiger partial charge in [-0.3, -0.25) is 0 Å². The lowest BCUT2D eigenvalue weighted by atomic mass is 10.3. The summed E-state index contributed by atoms with van der Waals surface area (Å²) in [6.45, 7) is 7.42. The number of hydrogen-bond donors (Lipinski definition) is 1. The summed E-state index contributed by atoms with van der Waals surface area (Å²) in [5, 5.41) is 7.90. The van der Waals surface area contributed by atoms with E-state index in [1.54, 1.807) is 0 Å². The van der Waals surface area contributed by atoms with Crippen LogP contribution in [-0.2, 0) is 6.42 Å². The topological polar surface area (TPSA) is 46.0 Å². The number of para-hydroxylation sites is 1. The van der Waals surface area contributed by atoms with Gasteiger partial charge >= 0.3 is 0 Å². The summed E-state index contributed by atoms with van der Waals surface area (Å²) in [5.41, 5.74) is 1.09. The number of aromatic nitrogens is 3. The molecule has 5 heteroatoms. The maximum absolute atomic E-state index is 4.58. The van der Waals surface area contributed by atoms with Crippen molar-refractivity contribution in [1.82, 2.24) is 25.0 Å². The standard InChI is InChI=1S/C15H21N5/c1-13-17-15(7-10-19-11-8-16-9-12-19)20(18-13)14-5-3-2-4-6-14/h2-6,16H,7-12H2,1H3. The highest BCUT2D eigenvalue weighted by atomic mass is 15.4. The summed E-state index contributed by atoms with van der Waals surface area (Å²) in [6.07, 6.45) is 0.940. The van der Waals surface area contributed by atoms with Crippen molar-refractivity contribution >= 4 is 0 Å². The fourth-order valence-corrected chi connectivity index (χ4v) is 2.59. The van der Waals surface area contributed by atoms with E-state index in [9.17, 15) is 0 Å². The normalized spacial score (nSPS) is 16.4. The van der Waals surface area contributed by atoms with Crippen molar-refractivity contribution in [2.45, 2.75) is 13.3 Å². The molecule has 0 bridgehead atoms. The highest BCUT2D eigenvalue weighted by molar-refractivity contribution is 5.31. The van der Waals surface area contributed by atoms with Gasteiger partial charge in [0.2, 0.25) is 0 Å². The Morgan fingerprint density at radius 1 is 1.15 bits per heavy atom. The van der Waals surface area contributed by atoms with Crippen molar-refractivity contribution in [1.29, 1.82) is 0 Å². The molecule has 0 amide bonds. The summed E-state index contributed by atoms with van der Waals surface area (Å²) in [6, 6.07) is 10.2. The Balaban J connectivity index is 1.73. The fourth-order valence-electron chi connectivity index (χ4n) is 2.59.